The third kappa shape index (κ3) is 5.10. The van der Waals surface area contributed by atoms with E-state index in [4.69, 9.17) is 9.72 Å². The fourth-order valence-corrected chi connectivity index (χ4v) is 7.48. The third-order valence-electron chi connectivity index (χ3n) is 9.80. The van der Waals surface area contributed by atoms with Crippen LogP contribution in [0.1, 0.15) is 22.3 Å². The predicted octanol–water partition coefficient (Wildman–Crippen LogP) is 12.2. The summed E-state index contributed by atoms with van der Waals surface area (Å²) >= 11 is 0. The second-order valence-electron chi connectivity index (χ2n) is 12.7. The van der Waals surface area contributed by atoms with Crippen LogP contribution in [0.2, 0.25) is 0 Å². The fourth-order valence-electron chi connectivity index (χ4n) is 7.48. The Bertz CT molecular complexity index is 2340. The van der Waals surface area contributed by atoms with Crippen LogP contribution < -0.4 is 4.74 Å². The number of aromatic nitrogens is 1. The van der Waals surface area contributed by atoms with Gasteiger partial charge < -0.3 is 4.74 Å². The van der Waals surface area contributed by atoms with Gasteiger partial charge in [-0.15, -0.1) is 0 Å². The molecule has 9 rings (SSSR count). The van der Waals surface area contributed by atoms with Crippen LogP contribution in [-0.2, 0) is 5.41 Å². The smallest absolute Gasteiger partial charge is 0.132 e. The van der Waals surface area contributed by atoms with E-state index in [9.17, 15) is 0 Å². The van der Waals surface area contributed by atoms with Gasteiger partial charge in [-0.3, -0.25) is 0 Å². The van der Waals surface area contributed by atoms with E-state index in [1.54, 1.807) is 0 Å². The lowest BCUT2D eigenvalue weighted by atomic mass is 9.63. The Balaban J connectivity index is 1.22. The summed E-state index contributed by atoms with van der Waals surface area (Å²) in [5.74, 6) is 1.74. The highest BCUT2D eigenvalue weighted by molar-refractivity contribution is 5.80. The normalized spacial score (nSPS) is 12.7. The maximum atomic E-state index is 6.66. The molecule has 2 nitrogen and oxygen atoms in total. The minimum Gasteiger partial charge on any atom is -0.457 e. The van der Waals surface area contributed by atoms with Crippen LogP contribution in [0.3, 0.4) is 0 Å². The Morgan fingerprint density at radius 1 is 0.320 bits per heavy atom. The van der Waals surface area contributed by atoms with Gasteiger partial charge >= 0.3 is 0 Å². The molecule has 0 saturated carbocycles. The van der Waals surface area contributed by atoms with Crippen LogP contribution in [0.4, 0.5) is 0 Å². The first-order valence-electron chi connectivity index (χ1n) is 17.0. The number of fused-ring (bicyclic) bond motifs is 2. The molecule has 1 aromatic heterocycles. The van der Waals surface area contributed by atoms with Crippen LogP contribution in [0.25, 0.3) is 44.8 Å². The Hall–Kier alpha value is -6.51. The van der Waals surface area contributed by atoms with Gasteiger partial charge in [0.2, 0.25) is 0 Å². The highest BCUT2D eigenvalue weighted by Gasteiger charge is 2.45. The minimum absolute atomic E-state index is 0.573. The lowest BCUT2D eigenvalue weighted by Crippen LogP contribution is -2.34. The predicted molar refractivity (Wildman–Crippen MR) is 204 cm³/mol. The van der Waals surface area contributed by atoms with E-state index >= 15 is 0 Å². The number of benzene rings is 7. The number of ether oxygens (including phenoxy) is 1. The molecule has 0 spiro atoms. The molecule has 1 aliphatic rings. The van der Waals surface area contributed by atoms with Gasteiger partial charge in [-0.05, 0) is 69.8 Å². The average molecular weight is 640 g/mol. The summed E-state index contributed by atoms with van der Waals surface area (Å²) in [6.07, 6.45) is 0. The molecule has 50 heavy (non-hydrogen) atoms. The molecule has 1 aliphatic heterocycles. The SMILES string of the molecule is c1ccc(-c2cc(-c3ccccc3)nc(-c3cccc(-c4ccc5c(c4)C(c4ccccc4)(c4ccccc4)c4ccccc4O5)c3)c2)cc1. The second-order valence-corrected chi connectivity index (χ2v) is 12.7. The van der Waals surface area contributed by atoms with Gasteiger partial charge in [0.1, 0.15) is 11.5 Å². The van der Waals surface area contributed by atoms with Crippen molar-refractivity contribution in [3.8, 4) is 56.3 Å². The van der Waals surface area contributed by atoms with E-state index in [0.717, 1.165) is 67.4 Å². The van der Waals surface area contributed by atoms with E-state index in [-0.39, 0.29) is 0 Å². The van der Waals surface area contributed by atoms with Gasteiger partial charge in [0.15, 0.2) is 0 Å². The van der Waals surface area contributed by atoms with E-state index in [1.807, 2.05) is 6.07 Å². The Morgan fingerprint density at radius 3 is 1.50 bits per heavy atom. The van der Waals surface area contributed by atoms with Crippen molar-refractivity contribution in [2.24, 2.45) is 0 Å². The maximum absolute atomic E-state index is 6.66. The van der Waals surface area contributed by atoms with Gasteiger partial charge in [-0.25, -0.2) is 4.98 Å². The zero-order valence-corrected chi connectivity index (χ0v) is 27.4. The monoisotopic (exact) mass is 639 g/mol. The molecule has 0 fully saturated rings. The summed E-state index contributed by atoms with van der Waals surface area (Å²) in [5.41, 5.74) is 12.7. The quantitative estimate of drug-likeness (QED) is 0.181. The molecule has 8 aromatic rings. The average Bonchev–Trinajstić information content (AvgIpc) is 3.21. The van der Waals surface area contributed by atoms with Crippen molar-refractivity contribution in [1.82, 2.24) is 4.98 Å². The number of pyridine rings is 1. The van der Waals surface area contributed by atoms with Gasteiger partial charge in [0, 0.05) is 22.3 Å². The summed E-state index contributed by atoms with van der Waals surface area (Å²) in [5, 5.41) is 0. The molecule has 0 N–H and O–H groups in total. The summed E-state index contributed by atoms with van der Waals surface area (Å²) < 4.78 is 6.66. The van der Waals surface area contributed by atoms with Crippen molar-refractivity contribution >= 4 is 0 Å². The first-order valence-corrected chi connectivity index (χ1v) is 17.0. The first kappa shape index (κ1) is 29.6. The van der Waals surface area contributed by atoms with Crippen LogP contribution >= 0.6 is 0 Å². The third-order valence-corrected chi connectivity index (χ3v) is 9.80. The minimum atomic E-state index is -0.573. The summed E-state index contributed by atoms with van der Waals surface area (Å²) in [6, 6.07) is 70.8. The number of nitrogens with zero attached hydrogens (tertiary/aromatic N) is 1. The molecule has 2 heteroatoms. The molecule has 0 amide bonds. The van der Waals surface area contributed by atoms with Crippen LogP contribution in [-0.4, -0.2) is 4.98 Å². The molecule has 0 saturated heterocycles. The van der Waals surface area contributed by atoms with Gasteiger partial charge in [0.25, 0.3) is 0 Å². The highest BCUT2D eigenvalue weighted by atomic mass is 16.5. The molecule has 7 aromatic carbocycles. The Kier molecular flexibility index (Phi) is 7.40. The molecular weight excluding hydrogens is 607 g/mol. The van der Waals surface area contributed by atoms with Gasteiger partial charge in [0.05, 0.1) is 16.8 Å². The van der Waals surface area contributed by atoms with Crippen molar-refractivity contribution in [3.05, 3.63) is 222 Å². The molecule has 236 valence electrons. The lowest BCUT2D eigenvalue weighted by Gasteiger charge is -2.41. The topological polar surface area (TPSA) is 22.1 Å². The van der Waals surface area contributed by atoms with Crippen molar-refractivity contribution in [3.63, 3.8) is 0 Å². The molecular formula is C48H33NO. The Morgan fingerprint density at radius 2 is 0.820 bits per heavy atom. The van der Waals surface area contributed by atoms with E-state index in [2.05, 4.69) is 194 Å². The second kappa shape index (κ2) is 12.5. The fraction of sp³-hybridized carbons (Fsp3) is 0.0208. The van der Waals surface area contributed by atoms with Crippen molar-refractivity contribution in [2.75, 3.05) is 0 Å². The van der Waals surface area contributed by atoms with E-state index in [0.29, 0.717) is 0 Å². The van der Waals surface area contributed by atoms with E-state index in [1.165, 1.54) is 11.1 Å². The zero-order chi connectivity index (χ0) is 33.3. The molecule has 0 atom stereocenters. The molecule has 0 bridgehead atoms. The Labute approximate surface area is 293 Å². The van der Waals surface area contributed by atoms with Crippen molar-refractivity contribution in [2.45, 2.75) is 5.41 Å². The summed E-state index contributed by atoms with van der Waals surface area (Å²) in [6.45, 7) is 0. The maximum Gasteiger partial charge on any atom is 0.132 e. The summed E-state index contributed by atoms with van der Waals surface area (Å²) in [4.78, 5) is 5.21. The van der Waals surface area contributed by atoms with E-state index < -0.39 is 5.41 Å². The van der Waals surface area contributed by atoms with Gasteiger partial charge in [-0.1, -0.05) is 164 Å². The number of hydrogen-bond donors (Lipinski definition) is 0. The van der Waals surface area contributed by atoms with Crippen LogP contribution in [0, 0.1) is 0 Å². The highest BCUT2D eigenvalue weighted by Crippen LogP contribution is 2.55. The molecule has 0 aliphatic carbocycles. The number of rotatable bonds is 6. The number of para-hydroxylation sites is 1. The first-order chi connectivity index (χ1) is 24.8. The molecule has 2 heterocycles. The summed E-state index contributed by atoms with van der Waals surface area (Å²) in [7, 11) is 0. The lowest BCUT2D eigenvalue weighted by molar-refractivity contribution is 0.434. The standard InChI is InChI=1S/C48H33NO/c1-5-16-34(17-6-1)39-32-44(35-18-7-2-8-19-35)49-45(33-39)38-21-15-20-36(30-38)37-28-29-47-43(31-37)48(40-22-9-3-10-23-40,41-24-11-4-12-25-41)42-26-13-14-27-46(42)50-47/h1-33H. The molecule has 0 unspecified atom stereocenters. The largest absolute Gasteiger partial charge is 0.457 e. The molecule has 0 radical (unpaired) electrons. The zero-order valence-electron chi connectivity index (χ0n) is 27.4. The van der Waals surface area contributed by atoms with Crippen LogP contribution in [0.5, 0.6) is 11.5 Å². The van der Waals surface area contributed by atoms with Gasteiger partial charge in [-0.2, -0.15) is 0 Å². The van der Waals surface area contributed by atoms with Crippen molar-refractivity contribution in [1.29, 1.82) is 0 Å². The van der Waals surface area contributed by atoms with Crippen molar-refractivity contribution < 1.29 is 4.74 Å². The number of hydrogen-bond acceptors (Lipinski definition) is 2. The van der Waals surface area contributed by atoms with Crippen LogP contribution in [0.15, 0.2) is 200 Å².